The second-order valence-corrected chi connectivity index (χ2v) is 25.9. The van der Waals surface area contributed by atoms with Crippen LogP contribution < -0.4 is 29.6 Å². The van der Waals surface area contributed by atoms with Crippen LogP contribution in [0.5, 0.6) is 23.0 Å². The molecule has 0 fully saturated rings. The van der Waals surface area contributed by atoms with E-state index >= 15 is 0 Å². The van der Waals surface area contributed by atoms with Crippen molar-refractivity contribution in [2.75, 3.05) is 61.3 Å². The lowest BCUT2D eigenvalue weighted by atomic mass is 9.80. The fourth-order valence-electron chi connectivity index (χ4n) is 12.0. The number of amides is 2. The minimum atomic E-state index is -1.58. The lowest BCUT2D eigenvalue weighted by Gasteiger charge is -2.37. The Labute approximate surface area is 558 Å². The standard InChI is InChI=1S/C78H107N4O10P/c1-62(2)82(63(3)4)93(91-59-33-56-79)92-74(60-80-75(83)38-29-19-15-11-9-13-17-21-31-57-89-77(64-34-25-23-26-35-64,66-40-48-70(85-5)49-41-66)67-42-50-71(86-6)51-43-67)61-81-76(84)39-30-20-16-12-10-14-18-22-32-58-90-78(65-36-27-24-28-37-65,68-44-52-72(87-7)53-45-68)69-46-54-73(88-8)55-47-69/h23-28,34-37,40-55,62-63,74H,9-22,29-33,38-39,57-61H2,1-8H3,(H,80,83)(H,81,84). The summed E-state index contributed by atoms with van der Waals surface area (Å²) in [5.74, 6) is 3.12. The first-order valence-corrected chi connectivity index (χ1v) is 35.3. The lowest BCUT2D eigenvalue weighted by Crippen LogP contribution is -2.43. The van der Waals surface area contributed by atoms with Crippen molar-refractivity contribution in [3.05, 3.63) is 191 Å². The molecular weight excluding hydrogens is 1180 g/mol. The summed E-state index contributed by atoms with van der Waals surface area (Å²) in [6.07, 6.45) is 19.5. The quantitative estimate of drug-likeness (QED) is 0.0212. The predicted molar refractivity (Wildman–Crippen MR) is 375 cm³/mol. The first-order chi connectivity index (χ1) is 45.4. The Hall–Kier alpha value is -6.82. The first-order valence-electron chi connectivity index (χ1n) is 34.2. The van der Waals surface area contributed by atoms with Gasteiger partial charge in [-0.05, 0) is 135 Å². The Morgan fingerprint density at radius 1 is 0.419 bits per heavy atom. The zero-order chi connectivity index (χ0) is 66.4. The molecule has 0 heterocycles. The van der Waals surface area contributed by atoms with Crippen LogP contribution in [0.15, 0.2) is 158 Å². The Morgan fingerprint density at radius 3 is 1.00 bits per heavy atom. The fraction of sp³-hybridized carbons (Fsp3) is 0.500. The molecule has 2 amide bonds. The summed E-state index contributed by atoms with van der Waals surface area (Å²) in [5.41, 5.74) is 4.64. The van der Waals surface area contributed by atoms with Crippen LogP contribution in [0, 0.1) is 11.3 Å². The number of unbranched alkanes of at least 4 members (excludes halogenated alkanes) is 16. The summed E-state index contributed by atoms with van der Waals surface area (Å²) in [6, 6.07) is 55.9. The molecule has 1 unspecified atom stereocenters. The third-order valence-corrected chi connectivity index (χ3v) is 19.2. The molecule has 0 aliphatic heterocycles. The summed E-state index contributed by atoms with van der Waals surface area (Å²) >= 11 is 0. The molecule has 2 N–H and O–H groups in total. The van der Waals surface area contributed by atoms with Gasteiger partial charge in [-0.25, -0.2) is 4.67 Å². The fourth-order valence-corrected chi connectivity index (χ4v) is 13.8. The van der Waals surface area contributed by atoms with E-state index in [1.165, 1.54) is 0 Å². The zero-order valence-corrected chi connectivity index (χ0v) is 57.9. The molecule has 1 atom stereocenters. The number of benzene rings is 6. The highest BCUT2D eigenvalue weighted by molar-refractivity contribution is 7.44. The Bertz CT molecular complexity index is 2730. The maximum Gasteiger partial charge on any atom is 0.259 e. The SMILES string of the molecule is COc1ccc(C(OCCCCCCCCCCCC(=O)NCC(CNC(=O)CCCCCCCCCCCOC(c2ccccc2)(c2ccc(OC)cc2)c2ccc(OC)cc2)OP(OCCC#N)N(C(C)C)C(C)C)(c2ccccc2)c2ccc(OC)cc2)cc1. The van der Waals surface area contributed by atoms with Crippen molar-refractivity contribution in [3.63, 3.8) is 0 Å². The summed E-state index contributed by atoms with van der Waals surface area (Å²) in [4.78, 5) is 26.6. The Morgan fingerprint density at radius 2 is 0.710 bits per heavy atom. The largest absolute Gasteiger partial charge is 0.497 e. The van der Waals surface area contributed by atoms with Crippen molar-refractivity contribution in [1.82, 2.24) is 15.3 Å². The number of methoxy groups -OCH3 is 4. The molecule has 6 aromatic rings. The van der Waals surface area contributed by atoms with Crippen LogP contribution in [0.4, 0.5) is 0 Å². The van der Waals surface area contributed by atoms with Crippen LogP contribution in [0.25, 0.3) is 0 Å². The van der Waals surface area contributed by atoms with Gasteiger partial charge in [-0.3, -0.25) is 9.59 Å². The van der Waals surface area contributed by atoms with Gasteiger partial charge in [0.15, 0.2) is 0 Å². The van der Waals surface area contributed by atoms with Crippen LogP contribution in [0.3, 0.4) is 0 Å². The number of rotatable bonds is 48. The zero-order valence-electron chi connectivity index (χ0n) is 57.1. The third-order valence-electron chi connectivity index (χ3n) is 17.0. The van der Waals surface area contributed by atoms with E-state index in [9.17, 15) is 14.9 Å². The van der Waals surface area contributed by atoms with Gasteiger partial charge in [0.05, 0.1) is 47.5 Å². The van der Waals surface area contributed by atoms with Crippen LogP contribution in [-0.2, 0) is 39.3 Å². The number of hydrogen-bond donors (Lipinski definition) is 2. The van der Waals surface area contributed by atoms with Gasteiger partial charge < -0.3 is 48.1 Å². The highest BCUT2D eigenvalue weighted by Gasteiger charge is 2.39. The van der Waals surface area contributed by atoms with Gasteiger partial charge in [-0.1, -0.05) is 199 Å². The smallest absolute Gasteiger partial charge is 0.259 e. The number of hydrogen-bond acceptors (Lipinski definition) is 12. The summed E-state index contributed by atoms with van der Waals surface area (Å²) in [5, 5.41) is 15.6. The molecule has 93 heavy (non-hydrogen) atoms. The van der Waals surface area contributed by atoms with Gasteiger partial charge in [0, 0.05) is 51.2 Å². The average molecular weight is 1290 g/mol. The molecule has 0 aliphatic carbocycles. The topological polar surface area (TPSA) is 159 Å². The second kappa shape index (κ2) is 42.5. The van der Waals surface area contributed by atoms with Gasteiger partial charge in [0.2, 0.25) is 11.8 Å². The molecule has 0 aliphatic rings. The van der Waals surface area contributed by atoms with Gasteiger partial charge in [0.25, 0.3) is 8.53 Å². The van der Waals surface area contributed by atoms with Crippen molar-refractivity contribution in [2.24, 2.45) is 0 Å². The van der Waals surface area contributed by atoms with Crippen molar-refractivity contribution >= 4 is 20.3 Å². The summed E-state index contributed by atoms with van der Waals surface area (Å²) in [6.45, 7) is 10.3. The van der Waals surface area contributed by atoms with E-state index in [1.807, 2.05) is 60.7 Å². The predicted octanol–water partition coefficient (Wildman–Crippen LogP) is 17.7. The number of nitrogens with one attached hydrogen (secondary N) is 2. The van der Waals surface area contributed by atoms with Gasteiger partial charge in [-0.15, -0.1) is 0 Å². The van der Waals surface area contributed by atoms with Gasteiger partial charge >= 0.3 is 0 Å². The van der Waals surface area contributed by atoms with Crippen molar-refractivity contribution in [2.45, 2.75) is 192 Å². The van der Waals surface area contributed by atoms with E-state index in [2.05, 4.69) is 146 Å². The molecule has 15 heteroatoms. The minimum absolute atomic E-state index is 0.0304. The van der Waals surface area contributed by atoms with Crippen molar-refractivity contribution < 1.29 is 47.1 Å². The number of nitriles is 1. The molecule has 0 saturated carbocycles. The monoisotopic (exact) mass is 1290 g/mol. The van der Waals surface area contributed by atoms with Crippen molar-refractivity contribution in [3.8, 4) is 29.1 Å². The van der Waals surface area contributed by atoms with E-state index in [1.54, 1.807) is 28.4 Å². The molecule has 0 spiro atoms. The first kappa shape index (κ1) is 75.2. The molecule has 6 aromatic carbocycles. The number of carbonyl (C=O) groups excluding carboxylic acids is 2. The molecule has 0 aromatic heterocycles. The number of nitrogens with zero attached hydrogens (tertiary/aromatic N) is 2. The lowest BCUT2D eigenvalue weighted by molar-refractivity contribution is -0.121. The van der Waals surface area contributed by atoms with Crippen LogP contribution in [-0.4, -0.2) is 96.0 Å². The molecular formula is C78H107N4O10P. The molecule has 6 rings (SSSR count). The molecule has 504 valence electrons. The van der Waals surface area contributed by atoms with Crippen LogP contribution >= 0.6 is 8.53 Å². The van der Waals surface area contributed by atoms with E-state index in [-0.39, 0.29) is 50.0 Å². The number of carbonyl (C=O) groups is 2. The highest BCUT2D eigenvalue weighted by Crippen LogP contribution is 2.48. The molecule has 14 nitrogen and oxygen atoms in total. The van der Waals surface area contributed by atoms with Gasteiger partial charge in [-0.2, -0.15) is 5.26 Å². The Kier molecular flexibility index (Phi) is 34.4. The maximum absolute atomic E-state index is 13.3. The summed E-state index contributed by atoms with van der Waals surface area (Å²) in [7, 11) is 5.15. The second-order valence-electron chi connectivity index (χ2n) is 24.5. The molecule has 0 radical (unpaired) electrons. The maximum atomic E-state index is 13.3. The van der Waals surface area contributed by atoms with E-state index in [0.29, 0.717) is 26.1 Å². The van der Waals surface area contributed by atoms with E-state index in [4.69, 9.17) is 37.5 Å². The minimum Gasteiger partial charge on any atom is -0.497 e. The molecule has 0 saturated heterocycles. The Balaban J connectivity index is 0.879. The van der Waals surface area contributed by atoms with E-state index < -0.39 is 25.8 Å². The van der Waals surface area contributed by atoms with Crippen LogP contribution in [0.1, 0.15) is 196 Å². The third kappa shape index (κ3) is 24.2. The normalized spacial score (nSPS) is 12.1. The van der Waals surface area contributed by atoms with E-state index in [0.717, 1.165) is 172 Å². The number of ether oxygens (including phenoxy) is 6. The average Bonchev–Trinajstić information content (AvgIpc) is 0.790. The van der Waals surface area contributed by atoms with Crippen molar-refractivity contribution in [1.29, 1.82) is 5.26 Å². The summed E-state index contributed by atoms with van der Waals surface area (Å²) < 4.78 is 51.2. The van der Waals surface area contributed by atoms with Crippen LogP contribution in [0.2, 0.25) is 0 Å². The highest BCUT2D eigenvalue weighted by atomic mass is 31.2. The van der Waals surface area contributed by atoms with Gasteiger partial charge in [0.1, 0.15) is 40.3 Å². The molecule has 0 bridgehead atoms.